The number of H-pyrrole nitrogens is 3. The highest BCUT2D eigenvalue weighted by molar-refractivity contribution is 6.36. The molecule has 0 unspecified atom stereocenters. The van der Waals surface area contributed by atoms with Crippen LogP contribution >= 0.6 is 0 Å². The lowest BCUT2D eigenvalue weighted by atomic mass is 9.96. The zero-order valence-corrected chi connectivity index (χ0v) is 12.5. The van der Waals surface area contributed by atoms with Crippen molar-refractivity contribution in [2.75, 3.05) is 0 Å². The molecule has 122 valence electrons. The van der Waals surface area contributed by atoms with Crippen LogP contribution in [0.25, 0.3) is 32.6 Å². The van der Waals surface area contributed by atoms with Gasteiger partial charge in [-0.05, 0) is 6.07 Å². The monoisotopic (exact) mass is 335 g/mol. The van der Waals surface area contributed by atoms with Crippen LogP contribution in [-0.2, 0) is 0 Å². The summed E-state index contributed by atoms with van der Waals surface area (Å²) in [6, 6.07) is 7.10. The Morgan fingerprint density at radius 3 is 2.12 bits per heavy atom. The van der Waals surface area contributed by atoms with Crippen LogP contribution in [0.15, 0.2) is 33.9 Å². The molecule has 4 aromatic rings. The third-order valence-corrected chi connectivity index (χ3v) is 4.57. The van der Waals surface area contributed by atoms with Gasteiger partial charge in [0.2, 0.25) is 0 Å². The van der Waals surface area contributed by atoms with Crippen molar-refractivity contribution in [1.29, 1.82) is 0 Å². The smallest absolute Gasteiger partial charge is 0.276 e. The van der Waals surface area contributed by atoms with Gasteiger partial charge in [0.15, 0.2) is 0 Å². The first kappa shape index (κ1) is 13.7. The number of benzene rings is 2. The summed E-state index contributed by atoms with van der Waals surface area (Å²) in [5.41, 5.74) is -0.385. The molecule has 3 heterocycles. The zero-order chi connectivity index (χ0) is 17.5. The number of hydrogen-bond acceptors (Lipinski definition) is 5. The predicted octanol–water partition coefficient (Wildman–Crippen LogP) is 0.321. The van der Waals surface area contributed by atoms with E-state index in [1.54, 1.807) is 24.3 Å². The van der Waals surface area contributed by atoms with Crippen molar-refractivity contribution in [3.63, 3.8) is 0 Å². The molecule has 1 aliphatic rings. The topological polar surface area (TPSA) is 145 Å². The second kappa shape index (κ2) is 4.22. The van der Waals surface area contributed by atoms with Crippen LogP contribution in [0.4, 0.5) is 0 Å². The average molecular weight is 335 g/mol. The van der Waals surface area contributed by atoms with Crippen molar-refractivity contribution >= 4 is 44.4 Å². The summed E-state index contributed by atoms with van der Waals surface area (Å²) in [4.78, 5) is 52.9. The zero-order valence-electron chi connectivity index (χ0n) is 12.5. The minimum absolute atomic E-state index is 0.0187. The highest BCUT2D eigenvalue weighted by Gasteiger charge is 2.40. The Balaban J connectivity index is 2.26. The summed E-state index contributed by atoms with van der Waals surface area (Å²) in [5, 5.41) is 5.84. The summed E-state index contributed by atoms with van der Waals surface area (Å²) in [6.07, 6.45) is 0. The molecular weight excluding hydrogens is 326 g/mol. The Labute approximate surface area is 137 Å². The summed E-state index contributed by atoms with van der Waals surface area (Å²) in [7, 11) is 0. The number of aromatic amines is 3. The molecule has 5 N–H and O–H groups in total. The van der Waals surface area contributed by atoms with Crippen molar-refractivity contribution in [2.24, 2.45) is 5.84 Å². The van der Waals surface area contributed by atoms with Crippen LogP contribution in [0.1, 0.15) is 20.7 Å². The standard InChI is InChI=1S/C16H9N5O4/c17-21-15(24)9-7-5-3-1-2-4-6(5)18-12(7)11-8(10(9)16(21)25)13(22)19-20-14(11)23/h1-4,18H,17H2,(H,19,22)(H,20,23). The third kappa shape index (κ3) is 1.45. The fourth-order valence-electron chi connectivity index (χ4n) is 3.54. The average Bonchev–Trinajstić information content (AvgIpc) is 3.09. The number of carbonyl (C=O) groups excluding carboxylic acids is 2. The van der Waals surface area contributed by atoms with Gasteiger partial charge in [0, 0.05) is 16.3 Å². The SMILES string of the molecule is NN1C(=O)c2c(c3c4ccccc4[nH]c3c3c(=O)[nH][nH]c(=O)c23)C1=O. The Bertz CT molecular complexity index is 1390. The molecule has 1 aliphatic heterocycles. The highest BCUT2D eigenvalue weighted by atomic mass is 16.2. The molecule has 0 fully saturated rings. The number of aromatic nitrogens is 3. The molecule has 9 nitrogen and oxygen atoms in total. The summed E-state index contributed by atoms with van der Waals surface area (Å²) in [6.45, 7) is 0. The van der Waals surface area contributed by atoms with Gasteiger partial charge in [-0.15, -0.1) is 0 Å². The van der Waals surface area contributed by atoms with Crippen molar-refractivity contribution < 1.29 is 9.59 Å². The maximum absolute atomic E-state index is 12.6. The van der Waals surface area contributed by atoms with Crippen LogP contribution in [0.2, 0.25) is 0 Å². The molecule has 0 saturated carbocycles. The largest absolute Gasteiger partial charge is 0.354 e. The van der Waals surface area contributed by atoms with Gasteiger partial charge in [-0.3, -0.25) is 29.4 Å². The lowest BCUT2D eigenvalue weighted by Gasteiger charge is -2.04. The molecule has 5 rings (SSSR count). The van der Waals surface area contributed by atoms with E-state index in [1.165, 1.54) is 0 Å². The van der Waals surface area contributed by atoms with E-state index in [2.05, 4.69) is 15.2 Å². The number of nitrogens with one attached hydrogen (secondary N) is 3. The first-order chi connectivity index (χ1) is 12.0. The molecule has 0 bridgehead atoms. The quantitative estimate of drug-likeness (QED) is 0.208. The summed E-state index contributed by atoms with van der Waals surface area (Å²) < 4.78 is 0. The molecule has 2 aromatic heterocycles. The van der Waals surface area contributed by atoms with E-state index in [0.717, 1.165) is 0 Å². The van der Waals surface area contributed by atoms with E-state index in [1.807, 2.05) is 0 Å². The lowest BCUT2D eigenvalue weighted by Crippen LogP contribution is -2.36. The third-order valence-electron chi connectivity index (χ3n) is 4.57. The Morgan fingerprint density at radius 2 is 1.40 bits per heavy atom. The fourth-order valence-corrected chi connectivity index (χ4v) is 3.54. The van der Waals surface area contributed by atoms with Crippen molar-refractivity contribution in [3.05, 3.63) is 56.1 Å². The van der Waals surface area contributed by atoms with Crippen LogP contribution in [0, 0.1) is 0 Å². The van der Waals surface area contributed by atoms with Crippen LogP contribution in [-0.4, -0.2) is 32.0 Å². The van der Waals surface area contributed by atoms with E-state index in [0.29, 0.717) is 26.8 Å². The van der Waals surface area contributed by atoms with Crippen molar-refractivity contribution in [3.8, 4) is 0 Å². The number of hydrazine groups is 1. The number of fused-ring (bicyclic) bond motifs is 8. The lowest BCUT2D eigenvalue weighted by molar-refractivity contribution is 0.0655. The van der Waals surface area contributed by atoms with E-state index in [4.69, 9.17) is 5.84 Å². The number of hydrogen-bond donors (Lipinski definition) is 4. The van der Waals surface area contributed by atoms with E-state index in [9.17, 15) is 19.2 Å². The molecule has 25 heavy (non-hydrogen) atoms. The number of nitrogens with zero attached hydrogens (tertiary/aromatic N) is 1. The Morgan fingerprint density at radius 1 is 0.800 bits per heavy atom. The van der Waals surface area contributed by atoms with Crippen molar-refractivity contribution in [2.45, 2.75) is 0 Å². The maximum Gasteiger partial charge on any atom is 0.276 e. The molecule has 9 heteroatoms. The summed E-state index contributed by atoms with van der Waals surface area (Å²) in [5.74, 6) is 4.06. The number of para-hydroxylation sites is 1. The van der Waals surface area contributed by atoms with Crippen molar-refractivity contribution in [1.82, 2.24) is 20.2 Å². The van der Waals surface area contributed by atoms with Crippen LogP contribution in [0.5, 0.6) is 0 Å². The molecular formula is C16H9N5O4. The van der Waals surface area contributed by atoms with Gasteiger partial charge in [-0.25, -0.2) is 10.9 Å². The number of rotatable bonds is 0. The minimum atomic E-state index is -0.812. The van der Waals surface area contributed by atoms with E-state index >= 15 is 0 Å². The number of carbonyl (C=O) groups is 2. The molecule has 2 amide bonds. The van der Waals surface area contributed by atoms with Gasteiger partial charge in [-0.2, -0.15) is 0 Å². The number of nitrogens with two attached hydrogens (primary N) is 1. The van der Waals surface area contributed by atoms with Gasteiger partial charge in [0.25, 0.3) is 22.9 Å². The number of amides is 2. The normalized spacial score (nSPS) is 14.2. The molecule has 0 spiro atoms. The van der Waals surface area contributed by atoms with Crippen LogP contribution < -0.4 is 17.0 Å². The second-order valence-corrected chi connectivity index (χ2v) is 5.81. The molecule has 0 aliphatic carbocycles. The molecule has 0 radical (unpaired) electrons. The Kier molecular flexibility index (Phi) is 2.31. The minimum Gasteiger partial charge on any atom is -0.354 e. The first-order valence-electron chi connectivity index (χ1n) is 7.35. The van der Waals surface area contributed by atoms with Gasteiger partial charge >= 0.3 is 0 Å². The number of imide groups is 1. The first-order valence-corrected chi connectivity index (χ1v) is 7.35. The Hall–Kier alpha value is -3.72. The molecule has 0 saturated heterocycles. The predicted molar refractivity (Wildman–Crippen MR) is 89.2 cm³/mol. The molecule has 2 aromatic carbocycles. The highest BCUT2D eigenvalue weighted by Crippen LogP contribution is 2.38. The fraction of sp³-hybridized carbons (Fsp3) is 0. The van der Waals surface area contributed by atoms with Gasteiger partial charge in [0.05, 0.1) is 27.4 Å². The summed E-state index contributed by atoms with van der Waals surface area (Å²) >= 11 is 0. The van der Waals surface area contributed by atoms with Crippen LogP contribution in [0.3, 0.4) is 0 Å². The maximum atomic E-state index is 12.6. The van der Waals surface area contributed by atoms with Gasteiger partial charge in [-0.1, -0.05) is 18.2 Å². The van der Waals surface area contributed by atoms with Gasteiger partial charge < -0.3 is 4.98 Å². The second-order valence-electron chi connectivity index (χ2n) is 5.81. The molecule has 0 atom stereocenters. The van der Waals surface area contributed by atoms with Gasteiger partial charge in [0.1, 0.15) is 0 Å². The van der Waals surface area contributed by atoms with E-state index in [-0.39, 0.29) is 21.9 Å². The van der Waals surface area contributed by atoms with E-state index < -0.39 is 22.9 Å².